The van der Waals surface area contributed by atoms with Gasteiger partial charge in [0, 0.05) is 42.7 Å². The van der Waals surface area contributed by atoms with Gasteiger partial charge in [0.2, 0.25) is 0 Å². The van der Waals surface area contributed by atoms with Crippen LogP contribution in [0.3, 0.4) is 0 Å². The van der Waals surface area contributed by atoms with E-state index in [9.17, 15) is 19.2 Å². The molecule has 0 atom stereocenters. The largest absolute Gasteiger partial charge is 1.00 e. The number of benzene rings is 2. The van der Waals surface area contributed by atoms with Crippen molar-refractivity contribution in [2.45, 2.75) is 0 Å². The number of carbonyl (C=O) groups excluding carboxylic acids is 4. The maximum absolute atomic E-state index is 11.8. The van der Waals surface area contributed by atoms with Crippen molar-refractivity contribution < 1.29 is 137 Å². The molecule has 0 fully saturated rings. The molecule has 0 aromatic heterocycles. The van der Waals surface area contributed by atoms with Crippen LogP contribution in [0.4, 0.5) is 0 Å². The zero-order valence-electron chi connectivity index (χ0n) is 14.6. The number of rotatable bonds is 4. The van der Waals surface area contributed by atoms with Crippen molar-refractivity contribution in [1.29, 1.82) is 0 Å². The standard InChI is InChI=1S/C14H8O4S4.4Na/c15-11(19)7-5-3-1-2-4-6(5)8(12(16)20)10(14(18)22)9(7)13(17)21;;;;/h1-4H,(H,15,19)(H,16,20)(H,17,21)(H,18,22);;;;/q;4*+1/p-4. The van der Waals surface area contributed by atoms with Crippen LogP contribution in [0.2, 0.25) is 0 Å². The van der Waals surface area contributed by atoms with Gasteiger partial charge < -0.3 is 69.7 Å². The third-order valence-electron chi connectivity index (χ3n) is 3.03. The van der Waals surface area contributed by atoms with Crippen molar-refractivity contribution in [3.05, 3.63) is 46.5 Å². The minimum Gasteiger partial charge on any atom is -0.737 e. The summed E-state index contributed by atoms with van der Waals surface area (Å²) in [5, 5.41) is -3.25. The van der Waals surface area contributed by atoms with Crippen LogP contribution in [0.1, 0.15) is 41.4 Å². The predicted molar refractivity (Wildman–Crippen MR) is 90.7 cm³/mol. The zero-order valence-corrected chi connectivity index (χ0v) is 25.8. The van der Waals surface area contributed by atoms with E-state index in [2.05, 4.69) is 50.5 Å². The molecule has 26 heavy (non-hydrogen) atoms. The zero-order chi connectivity index (χ0) is 16.6. The number of carbonyl (C=O) groups is 4. The van der Waals surface area contributed by atoms with Crippen molar-refractivity contribution in [2.75, 3.05) is 0 Å². The van der Waals surface area contributed by atoms with Crippen LogP contribution in [-0.2, 0) is 50.5 Å². The Hall–Kier alpha value is 2.26. The number of fused-ring (bicyclic) bond motifs is 1. The Morgan fingerprint density at radius 3 is 0.923 bits per heavy atom. The molecular weight excluding hydrogens is 452 g/mol. The first kappa shape index (κ1) is 32.9. The third kappa shape index (κ3) is 6.91. The molecule has 0 radical (unpaired) electrons. The van der Waals surface area contributed by atoms with Gasteiger partial charge in [-0.15, -0.1) is 0 Å². The van der Waals surface area contributed by atoms with E-state index in [0.717, 1.165) is 0 Å². The fourth-order valence-electron chi connectivity index (χ4n) is 2.27. The molecule has 4 nitrogen and oxygen atoms in total. The second-order valence-electron chi connectivity index (χ2n) is 4.20. The Balaban J connectivity index is -0.00000132. The number of hydrogen-bond donors (Lipinski definition) is 0. The predicted octanol–water partition coefficient (Wildman–Crippen LogP) is -10.4. The molecule has 0 aliphatic heterocycles. The summed E-state index contributed by atoms with van der Waals surface area (Å²) in [5.41, 5.74) is -1.22. The monoisotopic (exact) mass is 456 g/mol. The summed E-state index contributed by atoms with van der Waals surface area (Å²) in [5.74, 6) is 0. The molecule has 2 aromatic carbocycles. The Labute approximate surface area is 260 Å². The van der Waals surface area contributed by atoms with Crippen molar-refractivity contribution in [3.8, 4) is 0 Å². The summed E-state index contributed by atoms with van der Waals surface area (Å²) in [6, 6.07) is 6.18. The van der Waals surface area contributed by atoms with E-state index < -0.39 is 31.6 Å². The molecule has 0 heterocycles. The van der Waals surface area contributed by atoms with E-state index in [1.165, 1.54) is 12.1 Å². The van der Waals surface area contributed by atoms with Gasteiger partial charge in [-0.25, -0.2) is 0 Å². The van der Waals surface area contributed by atoms with Crippen molar-refractivity contribution in [3.63, 3.8) is 0 Å². The van der Waals surface area contributed by atoms with Gasteiger partial charge in [-0.05, 0) is 10.8 Å². The molecule has 2 rings (SSSR count). The molecule has 0 spiro atoms. The summed E-state index contributed by atoms with van der Waals surface area (Å²) < 4.78 is 0. The van der Waals surface area contributed by atoms with Crippen LogP contribution in [0.15, 0.2) is 24.3 Å². The van der Waals surface area contributed by atoms with E-state index in [1.54, 1.807) is 12.1 Å². The first-order valence-electron chi connectivity index (χ1n) is 5.71. The topological polar surface area (TPSA) is 68.3 Å². The fourth-order valence-corrected chi connectivity index (χ4v) is 3.10. The summed E-state index contributed by atoms with van der Waals surface area (Å²) in [6.45, 7) is 0. The third-order valence-corrected chi connectivity index (χ3v) is 3.85. The molecule has 0 saturated carbocycles. The molecule has 0 N–H and O–H groups in total. The van der Waals surface area contributed by atoms with Gasteiger partial charge in [0.05, 0.1) is 0 Å². The van der Waals surface area contributed by atoms with Crippen LogP contribution in [0.25, 0.3) is 10.8 Å². The molecule has 0 unspecified atom stereocenters. The quantitative estimate of drug-likeness (QED) is 0.332. The van der Waals surface area contributed by atoms with Crippen LogP contribution in [0, 0.1) is 0 Å². The molecule has 0 saturated heterocycles. The molecule has 12 heteroatoms. The second kappa shape index (κ2) is 14.3. The first-order valence-corrected chi connectivity index (χ1v) is 7.34. The van der Waals surface area contributed by atoms with E-state index in [4.69, 9.17) is 0 Å². The first-order chi connectivity index (χ1) is 10.3. The van der Waals surface area contributed by atoms with E-state index in [1.807, 2.05) is 0 Å². The molecule has 2 aromatic rings. The SMILES string of the molecule is O=C([S-])c1c(C(=O)[S-])c(C(=O)[S-])c2ccccc2c1C(=O)[S-].[Na+].[Na+].[Na+].[Na+]. The maximum atomic E-state index is 11.8. The summed E-state index contributed by atoms with van der Waals surface area (Å²) >= 11 is 18.5. The van der Waals surface area contributed by atoms with Gasteiger partial charge in [-0.1, -0.05) is 24.3 Å². The Morgan fingerprint density at radius 1 is 0.500 bits per heavy atom. The van der Waals surface area contributed by atoms with Crippen LogP contribution >= 0.6 is 0 Å². The van der Waals surface area contributed by atoms with E-state index >= 15 is 0 Å². The molecule has 0 amide bonds. The van der Waals surface area contributed by atoms with Crippen molar-refractivity contribution in [2.24, 2.45) is 0 Å². The smallest absolute Gasteiger partial charge is 0.737 e. The molecule has 0 bridgehead atoms. The Morgan fingerprint density at radius 2 is 0.731 bits per heavy atom. The number of hydrogen-bond acceptors (Lipinski definition) is 8. The van der Waals surface area contributed by atoms with Gasteiger partial charge >= 0.3 is 118 Å². The minimum absolute atomic E-state index is 0. The van der Waals surface area contributed by atoms with Gasteiger partial charge in [-0.3, -0.25) is 0 Å². The van der Waals surface area contributed by atoms with Gasteiger partial charge in [0.1, 0.15) is 0 Å². The van der Waals surface area contributed by atoms with E-state index in [-0.39, 0.29) is 140 Å². The molecule has 0 aliphatic carbocycles. The molecule has 0 aliphatic rings. The van der Waals surface area contributed by atoms with Gasteiger partial charge in [-0.2, -0.15) is 0 Å². The van der Waals surface area contributed by atoms with Gasteiger partial charge in [0.15, 0.2) is 0 Å². The maximum Gasteiger partial charge on any atom is 1.00 e. The Bertz CT molecular complexity index is 803. The van der Waals surface area contributed by atoms with Crippen molar-refractivity contribution >= 4 is 81.7 Å². The Kier molecular flexibility index (Phi) is 18.1. The van der Waals surface area contributed by atoms with Crippen LogP contribution in [0.5, 0.6) is 0 Å². The summed E-state index contributed by atoms with van der Waals surface area (Å²) in [6.07, 6.45) is 0. The van der Waals surface area contributed by atoms with Gasteiger partial charge in [0.25, 0.3) is 0 Å². The average molecular weight is 456 g/mol. The summed E-state index contributed by atoms with van der Waals surface area (Å²) in [7, 11) is 0. The molecule has 112 valence electrons. The average Bonchev–Trinajstić information content (AvgIpc) is 2.43. The molecular formula is C14H4Na4O4S4. The normalized spacial score (nSPS) is 8.77. The summed E-state index contributed by atoms with van der Waals surface area (Å²) in [4.78, 5) is 47.2. The van der Waals surface area contributed by atoms with Crippen LogP contribution in [-0.4, -0.2) is 20.5 Å². The van der Waals surface area contributed by atoms with Crippen molar-refractivity contribution in [1.82, 2.24) is 0 Å². The fraction of sp³-hybridized carbons (Fsp3) is 0. The van der Waals surface area contributed by atoms with Crippen LogP contribution < -0.4 is 118 Å². The van der Waals surface area contributed by atoms with E-state index in [0.29, 0.717) is 0 Å². The second-order valence-corrected chi connectivity index (χ2v) is 5.68. The minimum atomic E-state index is -0.996.